The van der Waals surface area contributed by atoms with E-state index in [9.17, 15) is 13.5 Å². The van der Waals surface area contributed by atoms with Crippen LogP contribution in [0.25, 0.3) is 0 Å². The molecule has 1 aromatic rings. The van der Waals surface area contributed by atoms with Gasteiger partial charge in [0.25, 0.3) is 10.0 Å². The van der Waals surface area contributed by atoms with Crippen LogP contribution in [0.5, 0.6) is 0 Å². The van der Waals surface area contributed by atoms with Gasteiger partial charge in [0.2, 0.25) is 0 Å². The first-order chi connectivity index (χ1) is 8.96. The third-order valence-corrected chi connectivity index (χ3v) is 5.03. The van der Waals surface area contributed by atoms with Crippen molar-refractivity contribution >= 4 is 10.0 Å². The van der Waals surface area contributed by atoms with Gasteiger partial charge in [0.05, 0.1) is 12.7 Å². The Bertz CT molecular complexity index is 540. The number of rotatable bonds is 3. The number of aryl methyl sites for hydroxylation is 1. The average Bonchev–Trinajstić information content (AvgIpc) is 2.59. The predicted octanol–water partition coefficient (Wildman–Crippen LogP) is 0.00992. The van der Waals surface area contributed by atoms with Gasteiger partial charge in [-0.25, -0.2) is 8.42 Å². The number of aliphatic hydroxyl groups is 1. The van der Waals surface area contributed by atoms with Crippen molar-refractivity contribution in [1.82, 2.24) is 14.5 Å². The molecule has 0 amide bonds. The molecule has 1 aliphatic heterocycles. The zero-order chi connectivity index (χ0) is 14.0. The van der Waals surface area contributed by atoms with Gasteiger partial charge in [0.1, 0.15) is 0 Å². The minimum atomic E-state index is -3.69. The first-order valence-electron chi connectivity index (χ1n) is 6.23. The van der Waals surface area contributed by atoms with E-state index in [1.807, 2.05) is 6.92 Å². The second kappa shape index (κ2) is 5.58. The molecule has 1 aliphatic rings. The molecule has 2 heterocycles. The minimum Gasteiger partial charge on any atom is -0.392 e. The summed E-state index contributed by atoms with van der Waals surface area (Å²) in [5.74, 6) is 0. The van der Waals surface area contributed by atoms with Crippen molar-refractivity contribution < 1.29 is 18.3 Å². The first kappa shape index (κ1) is 14.4. The van der Waals surface area contributed by atoms with E-state index in [0.717, 1.165) is 0 Å². The van der Waals surface area contributed by atoms with Crippen LogP contribution in [0.1, 0.15) is 24.6 Å². The van der Waals surface area contributed by atoms with Crippen LogP contribution in [0, 0.1) is 6.92 Å². The van der Waals surface area contributed by atoms with Gasteiger partial charge in [-0.1, -0.05) is 0 Å². The van der Waals surface area contributed by atoms with E-state index < -0.39 is 10.0 Å². The summed E-state index contributed by atoms with van der Waals surface area (Å²) >= 11 is 0. The van der Waals surface area contributed by atoms with Crippen LogP contribution in [0.3, 0.4) is 0 Å². The fourth-order valence-electron chi connectivity index (χ4n) is 2.13. The third-order valence-electron chi connectivity index (χ3n) is 3.19. The highest BCUT2D eigenvalue weighted by Gasteiger charge is 2.32. The molecule has 1 atom stereocenters. The summed E-state index contributed by atoms with van der Waals surface area (Å²) in [5, 5.41) is 15.7. The van der Waals surface area contributed by atoms with Crippen LogP contribution in [-0.4, -0.2) is 53.8 Å². The Morgan fingerprint density at radius 2 is 2.32 bits per heavy atom. The molecule has 0 saturated carbocycles. The Balaban J connectivity index is 2.35. The molecule has 0 spiro atoms. The van der Waals surface area contributed by atoms with E-state index in [4.69, 9.17) is 4.74 Å². The Morgan fingerprint density at radius 3 is 3.00 bits per heavy atom. The number of nitrogens with one attached hydrogen (secondary N) is 1. The molecule has 19 heavy (non-hydrogen) atoms. The average molecular weight is 289 g/mol. The molecule has 2 rings (SSSR count). The number of hydrogen-bond acceptors (Lipinski definition) is 5. The molecule has 0 aromatic carbocycles. The molecule has 0 radical (unpaired) electrons. The van der Waals surface area contributed by atoms with Crippen molar-refractivity contribution in [3.63, 3.8) is 0 Å². The lowest BCUT2D eigenvalue weighted by molar-refractivity contribution is 0.0751. The molecule has 7 nitrogen and oxygen atoms in total. The second-order valence-electron chi connectivity index (χ2n) is 4.69. The number of nitrogens with zero attached hydrogens (tertiary/aromatic N) is 2. The lowest BCUT2D eigenvalue weighted by Gasteiger charge is -2.20. The van der Waals surface area contributed by atoms with Gasteiger partial charge in [-0.2, -0.15) is 9.40 Å². The fourth-order valence-corrected chi connectivity index (χ4v) is 3.84. The smallest absolute Gasteiger partial charge is 0.262 e. The lowest BCUT2D eigenvalue weighted by atomic mass is 10.3. The highest BCUT2D eigenvalue weighted by atomic mass is 32.2. The van der Waals surface area contributed by atoms with Crippen LogP contribution in [0.2, 0.25) is 0 Å². The van der Waals surface area contributed by atoms with Crippen LogP contribution in [0.15, 0.2) is 5.03 Å². The topological polar surface area (TPSA) is 95.5 Å². The molecule has 1 saturated heterocycles. The summed E-state index contributed by atoms with van der Waals surface area (Å²) in [7, 11) is -3.69. The van der Waals surface area contributed by atoms with Crippen molar-refractivity contribution in [2.24, 2.45) is 0 Å². The van der Waals surface area contributed by atoms with Gasteiger partial charge in [-0.3, -0.25) is 5.10 Å². The Labute approximate surface area is 112 Å². The molecule has 1 unspecified atom stereocenters. The highest BCUT2D eigenvalue weighted by molar-refractivity contribution is 7.89. The van der Waals surface area contributed by atoms with E-state index in [1.54, 1.807) is 6.92 Å². The molecular weight excluding hydrogens is 270 g/mol. The molecule has 1 aromatic heterocycles. The molecule has 0 bridgehead atoms. The number of ether oxygens (including phenoxy) is 1. The maximum Gasteiger partial charge on any atom is 0.262 e. The van der Waals surface area contributed by atoms with Crippen molar-refractivity contribution in [3.8, 4) is 0 Å². The van der Waals surface area contributed by atoms with Gasteiger partial charge >= 0.3 is 0 Å². The number of hydrogen-bond donors (Lipinski definition) is 2. The molecule has 108 valence electrons. The Morgan fingerprint density at radius 1 is 1.58 bits per heavy atom. The maximum absolute atomic E-state index is 12.6. The Hall–Kier alpha value is -0.960. The second-order valence-corrected chi connectivity index (χ2v) is 6.54. The number of aromatic nitrogens is 2. The van der Waals surface area contributed by atoms with Crippen LogP contribution in [0.4, 0.5) is 0 Å². The quantitative estimate of drug-likeness (QED) is 0.817. The zero-order valence-electron chi connectivity index (χ0n) is 11.1. The van der Waals surface area contributed by atoms with Crippen molar-refractivity contribution in [2.45, 2.75) is 38.0 Å². The van der Waals surface area contributed by atoms with E-state index >= 15 is 0 Å². The van der Waals surface area contributed by atoms with E-state index in [0.29, 0.717) is 37.4 Å². The van der Waals surface area contributed by atoms with Gasteiger partial charge in [0.15, 0.2) is 5.03 Å². The maximum atomic E-state index is 12.6. The summed E-state index contributed by atoms with van der Waals surface area (Å²) in [5.41, 5.74) is 0.901. The van der Waals surface area contributed by atoms with Crippen LogP contribution in [-0.2, 0) is 21.4 Å². The highest BCUT2D eigenvalue weighted by Crippen LogP contribution is 2.22. The van der Waals surface area contributed by atoms with Crippen molar-refractivity contribution in [2.75, 3.05) is 19.7 Å². The van der Waals surface area contributed by atoms with E-state index in [-0.39, 0.29) is 17.7 Å². The standard InChI is InChI=1S/C11H19N3O4S/c1-8-6-14(4-3-5-18-8)19(16,17)11-10(7-15)9(2)12-13-11/h8,15H,3-7H2,1-2H3,(H,12,13). The lowest BCUT2D eigenvalue weighted by Crippen LogP contribution is -2.36. The number of sulfonamides is 1. The summed E-state index contributed by atoms with van der Waals surface area (Å²) in [6.45, 7) is 4.45. The van der Waals surface area contributed by atoms with Gasteiger partial charge in [-0.15, -0.1) is 0 Å². The fraction of sp³-hybridized carbons (Fsp3) is 0.727. The largest absolute Gasteiger partial charge is 0.392 e. The number of aromatic amines is 1. The number of aliphatic hydroxyl groups excluding tert-OH is 1. The van der Waals surface area contributed by atoms with Crippen molar-refractivity contribution in [1.29, 1.82) is 0 Å². The summed E-state index contributed by atoms with van der Waals surface area (Å²) in [6.07, 6.45) is 0.511. The van der Waals surface area contributed by atoms with Gasteiger partial charge in [-0.05, 0) is 20.3 Å². The van der Waals surface area contributed by atoms with Crippen LogP contribution >= 0.6 is 0 Å². The molecule has 1 fully saturated rings. The van der Waals surface area contributed by atoms with E-state index in [2.05, 4.69) is 10.2 Å². The number of H-pyrrole nitrogens is 1. The SMILES string of the molecule is Cc1[nH]nc(S(=O)(=O)N2CCCOC(C)C2)c1CO. The third kappa shape index (κ3) is 2.81. The normalized spacial score (nSPS) is 22.4. The van der Waals surface area contributed by atoms with Gasteiger partial charge < -0.3 is 9.84 Å². The molecule has 8 heteroatoms. The van der Waals surface area contributed by atoms with Crippen LogP contribution < -0.4 is 0 Å². The van der Waals surface area contributed by atoms with Gasteiger partial charge in [0, 0.05) is 31.0 Å². The predicted molar refractivity (Wildman–Crippen MR) is 68.0 cm³/mol. The molecule has 0 aliphatic carbocycles. The van der Waals surface area contributed by atoms with E-state index in [1.165, 1.54) is 4.31 Å². The Kier molecular flexibility index (Phi) is 4.24. The summed E-state index contributed by atoms with van der Waals surface area (Å²) in [6, 6.07) is 0. The summed E-state index contributed by atoms with van der Waals surface area (Å²) < 4.78 is 31.9. The van der Waals surface area contributed by atoms with Crippen molar-refractivity contribution in [3.05, 3.63) is 11.3 Å². The first-order valence-corrected chi connectivity index (χ1v) is 7.67. The summed E-state index contributed by atoms with van der Waals surface area (Å²) in [4.78, 5) is 0. The minimum absolute atomic E-state index is 0.0819. The zero-order valence-corrected chi connectivity index (χ0v) is 11.9. The monoisotopic (exact) mass is 289 g/mol. The molecule has 2 N–H and O–H groups in total. The molecular formula is C11H19N3O4S.